The molecule has 2 saturated heterocycles. The molecule has 6 heteroatoms. The van der Waals surface area contributed by atoms with Gasteiger partial charge in [0.25, 0.3) is 0 Å². The van der Waals surface area contributed by atoms with Crippen LogP contribution in [0.3, 0.4) is 0 Å². The van der Waals surface area contributed by atoms with Crippen LogP contribution in [0, 0.1) is 6.92 Å². The highest BCUT2D eigenvalue weighted by molar-refractivity contribution is 6.28. The molecule has 2 aromatic carbocycles. The van der Waals surface area contributed by atoms with E-state index in [9.17, 15) is 22.8 Å². The van der Waals surface area contributed by atoms with E-state index in [1.807, 2.05) is 12.1 Å². The molecule has 33 heavy (non-hydrogen) atoms. The SMILES string of the molecule is Cc1cccc2c1C(=O)C(C(=O)Cc1ccc(N3C4CCCC3CC4)cc1C(F)(F)F)=CC2. The van der Waals surface area contributed by atoms with Gasteiger partial charge in [-0.3, -0.25) is 9.59 Å². The quantitative estimate of drug-likeness (QED) is 0.532. The minimum atomic E-state index is -4.57. The second-order valence-corrected chi connectivity index (χ2v) is 9.42. The summed E-state index contributed by atoms with van der Waals surface area (Å²) >= 11 is 0. The van der Waals surface area contributed by atoms with Gasteiger partial charge in [0, 0.05) is 29.8 Å². The molecule has 2 fully saturated rings. The van der Waals surface area contributed by atoms with Gasteiger partial charge in [0.15, 0.2) is 11.6 Å². The minimum Gasteiger partial charge on any atom is -0.366 e. The highest BCUT2D eigenvalue weighted by atomic mass is 19.4. The molecule has 2 unspecified atom stereocenters. The van der Waals surface area contributed by atoms with Crippen molar-refractivity contribution in [1.29, 1.82) is 0 Å². The molecule has 3 nitrogen and oxygen atoms in total. The van der Waals surface area contributed by atoms with Gasteiger partial charge in [-0.15, -0.1) is 0 Å². The van der Waals surface area contributed by atoms with Gasteiger partial charge in [-0.25, -0.2) is 0 Å². The van der Waals surface area contributed by atoms with Gasteiger partial charge in [-0.05, 0) is 74.3 Å². The number of anilines is 1. The number of allylic oxidation sites excluding steroid dienone is 2. The van der Waals surface area contributed by atoms with E-state index in [1.165, 1.54) is 12.1 Å². The van der Waals surface area contributed by atoms with Crippen LogP contribution in [0.1, 0.15) is 64.7 Å². The van der Waals surface area contributed by atoms with Crippen LogP contribution in [0.4, 0.5) is 18.9 Å². The Morgan fingerprint density at radius 1 is 1.06 bits per heavy atom. The third kappa shape index (κ3) is 3.90. The fourth-order valence-corrected chi connectivity index (χ4v) is 5.85. The number of piperidine rings is 1. The highest BCUT2D eigenvalue weighted by Gasteiger charge is 2.39. The Hall–Kier alpha value is -2.89. The maximum absolute atomic E-state index is 14.0. The molecule has 5 rings (SSSR count). The second kappa shape index (κ2) is 8.15. The molecule has 172 valence electrons. The first kappa shape index (κ1) is 21.9. The molecule has 0 spiro atoms. The molecule has 1 aliphatic carbocycles. The fraction of sp³-hybridized carbons (Fsp3) is 0.407. The zero-order valence-electron chi connectivity index (χ0n) is 18.5. The fourth-order valence-electron chi connectivity index (χ4n) is 5.85. The summed E-state index contributed by atoms with van der Waals surface area (Å²) in [7, 11) is 0. The number of hydrogen-bond donors (Lipinski definition) is 0. The van der Waals surface area contributed by atoms with E-state index in [0.29, 0.717) is 29.8 Å². The van der Waals surface area contributed by atoms with Crippen molar-refractivity contribution in [3.05, 3.63) is 75.9 Å². The van der Waals surface area contributed by atoms with Crippen LogP contribution in [0.25, 0.3) is 0 Å². The van der Waals surface area contributed by atoms with Crippen LogP contribution in [0.2, 0.25) is 0 Å². The predicted molar refractivity (Wildman–Crippen MR) is 121 cm³/mol. The number of fused-ring (bicyclic) bond motifs is 3. The summed E-state index contributed by atoms with van der Waals surface area (Å²) in [4.78, 5) is 28.1. The third-order valence-electron chi connectivity index (χ3n) is 7.40. The van der Waals surface area contributed by atoms with Crippen molar-refractivity contribution < 1.29 is 22.8 Å². The van der Waals surface area contributed by atoms with Crippen molar-refractivity contribution in [2.24, 2.45) is 0 Å². The molecule has 2 atom stereocenters. The molecule has 0 N–H and O–H groups in total. The predicted octanol–water partition coefficient (Wildman–Crippen LogP) is 6.01. The van der Waals surface area contributed by atoms with E-state index in [4.69, 9.17) is 0 Å². The first-order valence-electron chi connectivity index (χ1n) is 11.6. The van der Waals surface area contributed by atoms with Crippen molar-refractivity contribution in [3.8, 4) is 0 Å². The van der Waals surface area contributed by atoms with Gasteiger partial charge < -0.3 is 4.90 Å². The third-order valence-corrected chi connectivity index (χ3v) is 7.40. The van der Waals surface area contributed by atoms with E-state index in [1.54, 1.807) is 25.1 Å². The van der Waals surface area contributed by atoms with Crippen LogP contribution in [0.15, 0.2) is 48.0 Å². The lowest BCUT2D eigenvalue weighted by molar-refractivity contribution is -0.138. The van der Waals surface area contributed by atoms with E-state index in [-0.39, 0.29) is 11.1 Å². The normalized spacial score (nSPS) is 22.2. The number of alkyl halides is 3. The summed E-state index contributed by atoms with van der Waals surface area (Å²) in [6.07, 6.45) is 2.13. The maximum atomic E-state index is 14.0. The second-order valence-electron chi connectivity index (χ2n) is 9.42. The Bertz CT molecular complexity index is 1150. The Morgan fingerprint density at radius 3 is 2.48 bits per heavy atom. The lowest BCUT2D eigenvalue weighted by atomic mass is 9.84. The van der Waals surface area contributed by atoms with Crippen molar-refractivity contribution in [2.45, 2.75) is 70.1 Å². The topological polar surface area (TPSA) is 37.4 Å². The van der Waals surface area contributed by atoms with Crippen molar-refractivity contribution >= 4 is 17.3 Å². The summed E-state index contributed by atoms with van der Waals surface area (Å²) in [6.45, 7) is 1.80. The Labute approximate surface area is 191 Å². The van der Waals surface area contributed by atoms with Crippen LogP contribution >= 0.6 is 0 Å². The summed E-state index contributed by atoms with van der Waals surface area (Å²) in [6, 6.07) is 10.4. The number of nitrogens with zero attached hydrogens (tertiary/aromatic N) is 1. The van der Waals surface area contributed by atoms with Gasteiger partial charge in [0.2, 0.25) is 0 Å². The van der Waals surface area contributed by atoms with E-state index in [2.05, 4.69) is 4.90 Å². The lowest BCUT2D eigenvalue weighted by Crippen LogP contribution is -2.39. The van der Waals surface area contributed by atoms with Gasteiger partial charge in [-0.1, -0.05) is 30.3 Å². The summed E-state index contributed by atoms with van der Waals surface area (Å²) in [5.74, 6) is -0.959. The molecule has 3 aliphatic rings. The van der Waals surface area contributed by atoms with Crippen LogP contribution < -0.4 is 4.90 Å². The molecule has 2 heterocycles. The van der Waals surface area contributed by atoms with Crippen molar-refractivity contribution in [1.82, 2.24) is 0 Å². The monoisotopic (exact) mass is 453 g/mol. The lowest BCUT2D eigenvalue weighted by Gasteiger charge is -2.37. The minimum absolute atomic E-state index is 0.0110. The molecule has 0 radical (unpaired) electrons. The summed E-state index contributed by atoms with van der Waals surface area (Å²) < 4.78 is 42.0. The number of aryl methyl sites for hydroxylation is 1. The zero-order valence-corrected chi connectivity index (χ0v) is 18.5. The average Bonchev–Trinajstić information content (AvgIpc) is 3.01. The maximum Gasteiger partial charge on any atom is 0.416 e. The summed E-state index contributed by atoms with van der Waals surface area (Å²) in [5, 5.41) is 0. The Balaban J connectivity index is 1.44. The van der Waals surface area contributed by atoms with Crippen LogP contribution in [-0.2, 0) is 23.8 Å². The summed E-state index contributed by atoms with van der Waals surface area (Å²) in [5.41, 5.74) is 1.82. The molecule has 2 bridgehead atoms. The number of carbonyl (C=O) groups is 2. The van der Waals surface area contributed by atoms with E-state index >= 15 is 0 Å². The number of rotatable bonds is 4. The zero-order chi connectivity index (χ0) is 23.3. The van der Waals surface area contributed by atoms with Gasteiger partial charge in [0.1, 0.15) is 0 Å². The first-order chi connectivity index (χ1) is 15.7. The van der Waals surface area contributed by atoms with Gasteiger partial charge in [-0.2, -0.15) is 13.2 Å². The standard InChI is InChI=1S/C27H26F3NO2/c1-16-4-2-5-17-9-13-22(26(33)25(16)17)24(32)14-18-8-10-21(15-23(18)27(28,29)30)31-19-6-3-7-20(31)12-11-19/h2,4-5,8,10,13,15,19-20H,3,6-7,9,11-12,14H2,1H3. The smallest absolute Gasteiger partial charge is 0.366 e. The number of halogens is 3. The molecule has 2 aliphatic heterocycles. The Morgan fingerprint density at radius 2 is 1.79 bits per heavy atom. The molecular formula is C27H26F3NO2. The number of ketones is 2. The first-order valence-corrected chi connectivity index (χ1v) is 11.6. The molecule has 0 amide bonds. The molecular weight excluding hydrogens is 427 g/mol. The van der Waals surface area contributed by atoms with Crippen LogP contribution in [-0.4, -0.2) is 23.7 Å². The molecule has 0 aromatic heterocycles. The number of Topliss-reactive ketones (excluding diaryl/α,β-unsaturated/α-hetero) is 2. The number of carbonyl (C=O) groups excluding carboxylic acids is 2. The largest absolute Gasteiger partial charge is 0.416 e. The average molecular weight is 454 g/mol. The van der Waals surface area contributed by atoms with Crippen LogP contribution in [0.5, 0.6) is 0 Å². The number of hydrogen-bond acceptors (Lipinski definition) is 3. The Kier molecular flexibility index (Phi) is 5.42. The molecule has 0 saturated carbocycles. The molecule has 2 aromatic rings. The van der Waals surface area contributed by atoms with E-state index in [0.717, 1.165) is 43.2 Å². The van der Waals surface area contributed by atoms with Gasteiger partial charge >= 0.3 is 6.18 Å². The van der Waals surface area contributed by atoms with E-state index < -0.39 is 29.7 Å². The highest BCUT2D eigenvalue weighted by Crippen LogP contribution is 2.42. The van der Waals surface area contributed by atoms with Crippen molar-refractivity contribution in [3.63, 3.8) is 0 Å². The van der Waals surface area contributed by atoms with Crippen molar-refractivity contribution in [2.75, 3.05) is 4.90 Å². The van der Waals surface area contributed by atoms with Gasteiger partial charge in [0.05, 0.1) is 11.1 Å². The number of benzene rings is 2.